The first-order valence-electron chi connectivity index (χ1n) is 6.63. The lowest BCUT2D eigenvalue weighted by molar-refractivity contribution is 0.213. The number of halogens is 1. The van der Waals surface area contributed by atoms with Gasteiger partial charge in [-0.2, -0.15) is 0 Å². The van der Waals surface area contributed by atoms with Crippen LogP contribution in [0, 0.1) is 0 Å². The molecule has 3 aromatic rings. The van der Waals surface area contributed by atoms with E-state index in [1.54, 1.807) is 17.7 Å². The Morgan fingerprint density at radius 2 is 2.15 bits per heavy atom. The first kappa shape index (κ1) is 12.4. The summed E-state index contributed by atoms with van der Waals surface area (Å²) >= 11 is 7.95. The van der Waals surface area contributed by atoms with E-state index in [0.29, 0.717) is 10.9 Å². The zero-order valence-corrected chi connectivity index (χ0v) is 12.2. The minimum absolute atomic E-state index is 0.590. The number of hydrogen-bond acceptors (Lipinski definition) is 3. The average Bonchev–Trinajstić information content (AvgIpc) is 3.08. The van der Waals surface area contributed by atoms with Gasteiger partial charge < -0.3 is 5.11 Å². The number of aliphatic hydroxyl groups excluding tert-OH is 1. The third-order valence-electron chi connectivity index (χ3n) is 3.74. The molecule has 1 saturated carbocycles. The van der Waals surface area contributed by atoms with Gasteiger partial charge in [-0.25, -0.2) is 4.98 Å². The van der Waals surface area contributed by atoms with Crippen LogP contribution in [0.4, 0.5) is 0 Å². The Morgan fingerprint density at radius 1 is 1.35 bits per heavy atom. The summed E-state index contributed by atoms with van der Waals surface area (Å²) in [6, 6.07) is 7.47. The van der Waals surface area contributed by atoms with Crippen LogP contribution in [0.3, 0.4) is 0 Å². The Morgan fingerprint density at radius 3 is 2.90 bits per heavy atom. The van der Waals surface area contributed by atoms with Crippen molar-refractivity contribution in [3.8, 4) is 0 Å². The Hall–Kier alpha value is -1.36. The van der Waals surface area contributed by atoms with Crippen molar-refractivity contribution in [2.75, 3.05) is 0 Å². The van der Waals surface area contributed by atoms with E-state index >= 15 is 0 Å². The number of aliphatic hydroxyl groups is 1. The Balaban J connectivity index is 1.90. The molecule has 0 aliphatic heterocycles. The molecule has 102 valence electrons. The van der Waals surface area contributed by atoms with E-state index in [2.05, 4.69) is 4.98 Å². The van der Waals surface area contributed by atoms with Gasteiger partial charge in [0.2, 0.25) is 0 Å². The lowest BCUT2D eigenvalue weighted by Crippen LogP contribution is -2.06. The highest BCUT2D eigenvalue weighted by atomic mass is 35.5. The second kappa shape index (κ2) is 4.58. The van der Waals surface area contributed by atoms with Crippen molar-refractivity contribution in [1.82, 2.24) is 9.38 Å². The van der Waals surface area contributed by atoms with E-state index < -0.39 is 6.10 Å². The molecule has 1 unspecified atom stereocenters. The summed E-state index contributed by atoms with van der Waals surface area (Å²) in [6.45, 7) is 0. The summed E-state index contributed by atoms with van der Waals surface area (Å²) in [4.78, 5) is 6.52. The van der Waals surface area contributed by atoms with Gasteiger partial charge in [-0.15, -0.1) is 11.3 Å². The summed E-state index contributed by atoms with van der Waals surface area (Å²) in [5, 5.41) is 11.4. The van der Waals surface area contributed by atoms with Crippen molar-refractivity contribution >= 4 is 27.8 Å². The monoisotopic (exact) mass is 304 g/mol. The first-order valence-corrected chi connectivity index (χ1v) is 7.82. The molecule has 3 nitrogen and oxygen atoms in total. The fourth-order valence-electron chi connectivity index (χ4n) is 2.57. The molecule has 1 N–H and O–H groups in total. The van der Waals surface area contributed by atoms with E-state index in [-0.39, 0.29) is 0 Å². The zero-order chi connectivity index (χ0) is 13.7. The van der Waals surface area contributed by atoms with Gasteiger partial charge in [0.05, 0.1) is 11.9 Å². The molecule has 0 spiro atoms. The molecule has 0 saturated heterocycles. The number of hydrogen-bond donors (Lipinski definition) is 1. The number of fused-ring (bicyclic) bond motifs is 1. The molecule has 0 bridgehead atoms. The fourth-order valence-corrected chi connectivity index (χ4v) is 4.11. The molecule has 2 aromatic heterocycles. The predicted molar refractivity (Wildman–Crippen MR) is 80.6 cm³/mol. The molecule has 0 amide bonds. The standard InChI is InChI=1S/C15H13ClN2OS/c16-11-4-2-1-3-10(11)14(19)13-15(9-5-6-9)20-12-7-17-8-18(12)13/h1-4,7-9,14,19H,5-6H2. The molecule has 1 fully saturated rings. The second-order valence-electron chi connectivity index (χ2n) is 5.15. The van der Waals surface area contributed by atoms with E-state index in [1.807, 2.05) is 34.9 Å². The molecular formula is C15H13ClN2OS. The molecule has 1 atom stereocenters. The number of benzene rings is 1. The summed E-state index contributed by atoms with van der Waals surface area (Å²) in [5.41, 5.74) is 1.68. The topological polar surface area (TPSA) is 37.5 Å². The lowest BCUT2D eigenvalue weighted by Gasteiger charge is -2.14. The first-order chi connectivity index (χ1) is 9.75. The predicted octanol–water partition coefficient (Wildman–Crippen LogP) is 4.01. The van der Waals surface area contributed by atoms with Gasteiger partial charge in [-0.05, 0) is 24.8 Å². The van der Waals surface area contributed by atoms with E-state index in [1.165, 1.54) is 17.7 Å². The number of thiazole rings is 1. The maximum absolute atomic E-state index is 10.8. The van der Waals surface area contributed by atoms with Crippen LogP contribution in [-0.2, 0) is 0 Å². The molecule has 1 aliphatic rings. The molecule has 1 aromatic carbocycles. The highest BCUT2D eigenvalue weighted by Gasteiger charge is 2.32. The Bertz CT molecular complexity index is 775. The maximum atomic E-state index is 10.8. The van der Waals surface area contributed by atoms with Crippen LogP contribution in [0.25, 0.3) is 4.83 Å². The van der Waals surface area contributed by atoms with Gasteiger partial charge in [0.25, 0.3) is 0 Å². The van der Waals surface area contributed by atoms with Gasteiger partial charge in [0.15, 0.2) is 0 Å². The molecule has 4 rings (SSSR count). The van der Waals surface area contributed by atoms with Crippen LogP contribution in [0.5, 0.6) is 0 Å². The SMILES string of the molecule is OC(c1ccccc1Cl)c1c(C2CC2)sc2cncn12. The fraction of sp³-hybridized carbons (Fsp3) is 0.267. The minimum Gasteiger partial charge on any atom is -0.382 e. The van der Waals surface area contributed by atoms with Crippen molar-refractivity contribution in [2.45, 2.75) is 24.9 Å². The number of nitrogens with zero attached hydrogens (tertiary/aromatic N) is 2. The molecule has 1 aliphatic carbocycles. The van der Waals surface area contributed by atoms with Crippen molar-refractivity contribution < 1.29 is 5.11 Å². The maximum Gasteiger partial charge on any atom is 0.122 e. The van der Waals surface area contributed by atoms with Gasteiger partial charge >= 0.3 is 0 Å². The smallest absolute Gasteiger partial charge is 0.122 e. The minimum atomic E-state index is -0.706. The van der Waals surface area contributed by atoms with E-state index in [4.69, 9.17) is 11.6 Å². The average molecular weight is 305 g/mol. The van der Waals surface area contributed by atoms with Crippen molar-refractivity contribution in [3.63, 3.8) is 0 Å². The van der Waals surface area contributed by atoms with Crippen LogP contribution >= 0.6 is 22.9 Å². The van der Waals surface area contributed by atoms with Gasteiger partial charge in [0, 0.05) is 15.5 Å². The zero-order valence-electron chi connectivity index (χ0n) is 10.7. The Kier molecular flexibility index (Phi) is 2.84. The summed E-state index contributed by atoms with van der Waals surface area (Å²) < 4.78 is 1.99. The molecular weight excluding hydrogens is 292 g/mol. The van der Waals surface area contributed by atoms with Crippen molar-refractivity contribution in [2.24, 2.45) is 0 Å². The van der Waals surface area contributed by atoms with E-state index in [9.17, 15) is 5.11 Å². The quantitative estimate of drug-likeness (QED) is 0.794. The van der Waals surface area contributed by atoms with Gasteiger partial charge in [-0.1, -0.05) is 29.8 Å². The largest absolute Gasteiger partial charge is 0.382 e. The molecule has 2 heterocycles. The van der Waals surface area contributed by atoms with Gasteiger partial charge in [0.1, 0.15) is 17.3 Å². The van der Waals surface area contributed by atoms with Crippen molar-refractivity contribution in [1.29, 1.82) is 0 Å². The van der Waals surface area contributed by atoms with Crippen LogP contribution in [-0.4, -0.2) is 14.5 Å². The lowest BCUT2D eigenvalue weighted by atomic mass is 10.0. The molecule has 20 heavy (non-hydrogen) atoms. The highest BCUT2D eigenvalue weighted by molar-refractivity contribution is 7.17. The molecule has 0 radical (unpaired) electrons. The highest BCUT2D eigenvalue weighted by Crippen LogP contribution is 2.48. The molecule has 5 heteroatoms. The van der Waals surface area contributed by atoms with Gasteiger partial charge in [-0.3, -0.25) is 4.40 Å². The third kappa shape index (κ3) is 1.87. The van der Waals surface area contributed by atoms with Crippen LogP contribution in [0.15, 0.2) is 36.8 Å². The van der Waals surface area contributed by atoms with Crippen LogP contribution in [0.1, 0.15) is 41.0 Å². The third-order valence-corrected chi connectivity index (χ3v) is 5.36. The van der Waals surface area contributed by atoms with Crippen LogP contribution < -0.4 is 0 Å². The Labute approximate surface area is 125 Å². The van der Waals surface area contributed by atoms with Crippen molar-refractivity contribution in [3.05, 3.63) is 57.9 Å². The normalized spacial score (nSPS) is 16.7. The van der Waals surface area contributed by atoms with Crippen LogP contribution in [0.2, 0.25) is 5.02 Å². The second-order valence-corrected chi connectivity index (χ2v) is 6.62. The summed E-state index contributed by atoms with van der Waals surface area (Å²) in [6.07, 6.45) is 5.33. The number of imidazole rings is 1. The number of aromatic nitrogens is 2. The summed E-state index contributed by atoms with van der Waals surface area (Å²) in [5.74, 6) is 0.590. The van der Waals surface area contributed by atoms with E-state index in [0.717, 1.165) is 16.1 Å². The number of rotatable bonds is 3. The summed E-state index contributed by atoms with van der Waals surface area (Å²) in [7, 11) is 0.